The van der Waals surface area contributed by atoms with Crippen LogP contribution in [0.25, 0.3) is 5.76 Å². The summed E-state index contributed by atoms with van der Waals surface area (Å²) in [5.41, 5.74) is 1.16. The fourth-order valence-electron chi connectivity index (χ4n) is 3.50. The summed E-state index contributed by atoms with van der Waals surface area (Å²) in [6, 6.07) is 9.76. The first-order valence-electron chi connectivity index (χ1n) is 10.3. The van der Waals surface area contributed by atoms with Gasteiger partial charge in [0.2, 0.25) is 0 Å². The summed E-state index contributed by atoms with van der Waals surface area (Å²) in [5.74, 6) is -0.439. The molecule has 2 heterocycles. The lowest BCUT2D eigenvalue weighted by molar-refractivity contribution is -0.140. The van der Waals surface area contributed by atoms with Crippen molar-refractivity contribution in [2.75, 3.05) is 26.9 Å². The number of methoxy groups -OCH3 is 1. The number of rotatable bonds is 9. The van der Waals surface area contributed by atoms with E-state index in [1.165, 1.54) is 24.4 Å². The third-order valence-electron chi connectivity index (χ3n) is 5.17. The molecule has 164 valence electrons. The maximum Gasteiger partial charge on any atom is 0.295 e. The van der Waals surface area contributed by atoms with Gasteiger partial charge in [-0.15, -0.1) is 0 Å². The first kappa shape index (κ1) is 22.5. The monoisotopic (exact) mass is 424 g/mol. The van der Waals surface area contributed by atoms with Crippen molar-refractivity contribution < 1.29 is 24.2 Å². The molecule has 1 aromatic heterocycles. The Morgan fingerprint density at radius 2 is 1.90 bits per heavy atom. The number of aliphatic hydroxyl groups is 1. The maximum absolute atomic E-state index is 12.9. The summed E-state index contributed by atoms with van der Waals surface area (Å²) in [4.78, 5) is 31.1. The number of ketones is 1. The van der Waals surface area contributed by atoms with Crippen LogP contribution in [0.2, 0.25) is 0 Å². The van der Waals surface area contributed by atoms with Gasteiger partial charge in [0.15, 0.2) is 0 Å². The Labute approximate surface area is 182 Å². The highest BCUT2D eigenvalue weighted by Gasteiger charge is 2.45. The number of likely N-dealkylation sites (tertiary alicyclic amines) is 1. The molecule has 0 aliphatic carbocycles. The van der Waals surface area contributed by atoms with Crippen LogP contribution in [0.4, 0.5) is 0 Å². The van der Waals surface area contributed by atoms with Crippen LogP contribution in [-0.4, -0.2) is 53.5 Å². The van der Waals surface area contributed by atoms with Gasteiger partial charge in [0.25, 0.3) is 11.7 Å². The zero-order valence-electron chi connectivity index (χ0n) is 18.1. The number of aromatic nitrogens is 1. The molecular weight excluding hydrogens is 396 g/mol. The summed E-state index contributed by atoms with van der Waals surface area (Å²) in [6.07, 6.45) is 3.96. The number of nitrogens with zero attached hydrogens (tertiary/aromatic N) is 2. The van der Waals surface area contributed by atoms with Crippen LogP contribution in [0.1, 0.15) is 37.4 Å². The highest BCUT2D eigenvalue weighted by Crippen LogP contribution is 2.40. The Morgan fingerprint density at radius 1 is 1.16 bits per heavy atom. The Morgan fingerprint density at radius 3 is 2.58 bits per heavy atom. The molecule has 0 saturated carbocycles. The molecular formula is C24H28N2O5. The number of amides is 1. The molecule has 1 fully saturated rings. The summed E-state index contributed by atoms with van der Waals surface area (Å²) in [7, 11) is 1.53. The predicted molar refractivity (Wildman–Crippen MR) is 117 cm³/mol. The van der Waals surface area contributed by atoms with E-state index < -0.39 is 17.7 Å². The minimum absolute atomic E-state index is 0.0478. The molecule has 1 atom stereocenters. The smallest absolute Gasteiger partial charge is 0.295 e. The van der Waals surface area contributed by atoms with Gasteiger partial charge < -0.3 is 19.5 Å². The second kappa shape index (κ2) is 10.2. The Kier molecular flexibility index (Phi) is 7.41. The third-order valence-corrected chi connectivity index (χ3v) is 5.17. The van der Waals surface area contributed by atoms with E-state index in [0.29, 0.717) is 29.4 Å². The van der Waals surface area contributed by atoms with E-state index in [0.717, 1.165) is 6.42 Å². The van der Waals surface area contributed by atoms with Gasteiger partial charge in [-0.1, -0.05) is 26.0 Å². The standard InChI is InChI=1S/C24H28N2O5/c1-16(2)9-13-31-19-6-4-5-18(15-19)21-20(22(27)17-7-10-25-11-8-17)23(28)24(29)26(21)12-14-30-3/h4-8,10-11,15-16,21,27H,9,12-14H2,1-3H3/b22-20+. The summed E-state index contributed by atoms with van der Waals surface area (Å²) in [5, 5.41) is 10.9. The SMILES string of the molecule is COCCN1C(=O)C(=O)/C(=C(/O)c2ccncc2)C1c1cccc(OCCC(C)C)c1. The average molecular weight is 424 g/mol. The van der Waals surface area contributed by atoms with Crippen LogP contribution in [0.5, 0.6) is 5.75 Å². The van der Waals surface area contributed by atoms with Gasteiger partial charge in [-0.2, -0.15) is 0 Å². The van der Waals surface area contributed by atoms with Crippen molar-refractivity contribution >= 4 is 17.4 Å². The van der Waals surface area contributed by atoms with Gasteiger partial charge in [0.05, 0.1) is 24.8 Å². The molecule has 1 saturated heterocycles. The van der Waals surface area contributed by atoms with Crippen LogP contribution < -0.4 is 4.74 Å². The van der Waals surface area contributed by atoms with Crippen LogP contribution in [0.3, 0.4) is 0 Å². The lowest BCUT2D eigenvalue weighted by Crippen LogP contribution is -2.32. The lowest BCUT2D eigenvalue weighted by atomic mass is 9.95. The summed E-state index contributed by atoms with van der Waals surface area (Å²) >= 11 is 0. The van der Waals surface area contributed by atoms with Crippen LogP contribution >= 0.6 is 0 Å². The molecule has 1 amide bonds. The number of aliphatic hydroxyl groups excluding tert-OH is 1. The van der Waals surface area contributed by atoms with Gasteiger partial charge in [-0.3, -0.25) is 14.6 Å². The number of ether oxygens (including phenoxy) is 2. The topological polar surface area (TPSA) is 89.0 Å². The van der Waals surface area contributed by atoms with Crippen molar-refractivity contribution in [3.63, 3.8) is 0 Å². The van der Waals surface area contributed by atoms with E-state index in [4.69, 9.17) is 9.47 Å². The van der Waals surface area contributed by atoms with Gasteiger partial charge >= 0.3 is 0 Å². The highest BCUT2D eigenvalue weighted by molar-refractivity contribution is 6.46. The summed E-state index contributed by atoms with van der Waals surface area (Å²) in [6.45, 7) is 5.31. The largest absolute Gasteiger partial charge is 0.507 e. The third kappa shape index (κ3) is 5.11. The molecule has 7 nitrogen and oxygen atoms in total. The van der Waals surface area contributed by atoms with E-state index in [9.17, 15) is 14.7 Å². The molecule has 1 aliphatic heterocycles. The van der Waals surface area contributed by atoms with E-state index in [2.05, 4.69) is 18.8 Å². The van der Waals surface area contributed by atoms with Crippen molar-refractivity contribution in [3.05, 3.63) is 65.5 Å². The van der Waals surface area contributed by atoms with E-state index in [-0.39, 0.29) is 24.5 Å². The molecule has 31 heavy (non-hydrogen) atoms. The normalized spacial score (nSPS) is 18.1. The number of benzene rings is 1. The van der Waals surface area contributed by atoms with E-state index in [1.54, 1.807) is 12.1 Å². The fourth-order valence-corrected chi connectivity index (χ4v) is 3.50. The van der Waals surface area contributed by atoms with Crippen molar-refractivity contribution in [2.24, 2.45) is 5.92 Å². The molecule has 1 unspecified atom stereocenters. The quantitative estimate of drug-likeness (QED) is 0.376. The Balaban J connectivity index is 2.03. The summed E-state index contributed by atoms with van der Waals surface area (Å²) < 4.78 is 11.0. The lowest BCUT2D eigenvalue weighted by Gasteiger charge is -2.25. The number of carbonyl (C=O) groups is 2. The molecule has 1 N–H and O–H groups in total. The number of hydrogen-bond acceptors (Lipinski definition) is 6. The maximum atomic E-state index is 12.9. The van der Waals surface area contributed by atoms with Gasteiger partial charge in [0, 0.05) is 31.6 Å². The molecule has 3 rings (SSSR count). The number of hydrogen-bond donors (Lipinski definition) is 1. The number of carbonyl (C=O) groups excluding carboxylic acids is 2. The second-order valence-corrected chi connectivity index (χ2v) is 7.82. The zero-order valence-corrected chi connectivity index (χ0v) is 18.1. The van der Waals surface area contributed by atoms with E-state index >= 15 is 0 Å². The Hall–Kier alpha value is -3.19. The van der Waals surface area contributed by atoms with E-state index in [1.807, 2.05) is 24.3 Å². The van der Waals surface area contributed by atoms with Gasteiger partial charge in [-0.25, -0.2) is 0 Å². The molecule has 0 bridgehead atoms. The molecule has 1 aliphatic rings. The van der Waals surface area contributed by atoms with Crippen LogP contribution in [0, 0.1) is 5.92 Å². The molecule has 7 heteroatoms. The first-order chi connectivity index (χ1) is 14.9. The minimum atomic E-state index is -0.739. The van der Waals surface area contributed by atoms with Crippen LogP contribution in [0.15, 0.2) is 54.4 Å². The molecule has 0 radical (unpaired) electrons. The van der Waals surface area contributed by atoms with Crippen molar-refractivity contribution in [2.45, 2.75) is 26.3 Å². The van der Waals surface area contributed by atoms with Crippen molar-refractivity contribution in [1.29, 1.82) is 0 Å². The molecule has 1 aromatic carbocycles. The van der Waals surface area contributed by atoms with Gasteiger partial charge in [-0.05, 0) is 42.2 Å². The average Bonchev–Trinajstić information content (AvgIpc) is 3.02. The Bertz CT molecular complexity index is 955. The second-order valence-electron chi connectivity index (χ2n) is 7.82. The number of Topliss-reactive ketones (excluding diaryl/α,β-unsaturated/α-hetero) is 1. The predicted octanol–water partition coefficient (Wildman–Crippen LogP) is 3.57. The van der Waals surface area contributed by atoms with Crippen molar-refractivity contribution in [3.8, 4) is 5.75 Å². The fraction of sp³-hybridized carbons (Fsp3) is 0.375. The molecule has 2 aromatic rings. The van der Waals surface area contributed by atoms with Gasteiger partial charge in [0.1, 0.15) is 11.5 Å². The first-order valence-corrected chi connectivity index (χ1v) is 10.3. The number of pyridine rings is 1. The minimum Gasteiger partial charge on any atom is -0.507 e. The highest BCUT2D eigenvalue weighted by atomic mass is 16.5. The molecule has 0 spiro atoms. The van der Waals surface area contributed by atoms with Crippen molar-refractivity contribution in [1.82, 2.24) is 9.88 Å². The zero-order chi connectivity index (χ0) is 22.4. The van der Waals surface area contributed by atoms with Crippen LogP contribution in [-0.2, 0) is 14.3 Å².